The second-order valence-electron chi connectivity index (χ2n) is 5.20. The third kappa shape index (κ3) is 2.57. The fourth-order valence-electron chi connectivity index (χ4n) is 2.60. The molecule has 0 aromatic heterocycles. The fraction of sp³-hybridized carbons (Fsp3) is 0.667. The van der Waals surface area contributed by atoms with Crippen LogP contribution in [0.25, 0.3) is 0 Å². The molecule has 1 fully saturated rings. The normalized spacial score (nSPS) is 30.2. The van der Waals surface area contributed by atoms with Crippen LogP contribution in [0, 0.1) is 5.41 Å². The topological polar surface area (TPSA) is 110 Å². The maximum absolute atomic E-state index is 12.3. The van der Waals surface area contributed by atoms with Crippen molar-refractivity contribution >= 4 is 21.7 Å². The Morgan fingerprint density at radius 2 is 1.90 bits per heavy atom. The van der Waals surface area contributed by atoms with Gasteiger partial charge in [0.15, 0.2) is 15.3 Å². The van der Waals surface area contributed by atoms with Crippen LogP contribution < -0.4 is 5.32 Å². The number of carbonyl (C=O) groups excluding carboxylic acids is 1. The third-order valence-electron chi connectivity index (χ3n) is 3.86. The summed E-state index contributed by atoms with van der Waals surface area (Å²) in [4.78, 5) is 23.6. The van der Waals surface area contributed by atoms with Crippen molar-refractivity contribution in [2.45, 2.75) is 25.0 Å². The number of aliphatic carboxylic acids is 1. The van der Waals surface area contributed by atoms with Crippen LogP contribution in [0.4, 0.5) is 0 Å². The van der Waals surface area contributed by atoms with Gasteiger partial charge in [-0.25, -0.2) is 8.42 Å². The number of hydrogen-bond donors (Lipinski definition) is 2. The van der Waals surface area contributed by atoms with E-state index in [1.807, 2.05) is 0 Å². The first-order chi connectivity index (χ1) is 9.31. The predicted molar refractivity (Wildman–Crippen MR) is 69.8 cm³/mol. The smallest absolute Gasteiger partial charge is 0.319 e. The number of sulfone groups is 1. The van der Waals surface area contributed by atoms with Crippen LogP contribution in [0.3, 0.4) is 0 Å². The summed E-state index contributed by atoms with van der Waals surface area (Å²) in [6, 6.07) is -0.700. The van der Waals surface area contributed by atoms with Crippen molar-refractivity contribution in [2.75, 3.05) is 18.6 Å². The lowest BCUT2D eigenvalue weighted by molar-refractivity contribution is -0.155. The minimum Gasteiger partial charge on any atom is -0.480 e. The van der Waals surface area contributed by atoms with Crippen molar-refractivity contribution in [3.05, 3.63) is 12.2 Å². The van der Waals surface area contributed by atoms with Gasteiger partial charge in [-0.3, -0.25) is 9.59 Å². The van der Waals surface area contributed by atoms with Crippen LogP contribution in [-0.4, -0.2) is 56.2 Å². The molecule has 2 aliphatic rings. The molecule has 1 aliphatic heterocycles. The zero-order valence-electron chi connectivity index (χ0n) is 11.0. The molecule has 2 rings (SSSR count). The molecule has 0 bridgehead atoms. The predicted octanol–water partition coefficient (Wildman–Crippen LogP) is -0.664. The van der Waals surface area contributed by atoms with Gasteiger partial charge in [-0.2, -0.15) is 0 Å². The molecule has 0 aromatic rings. The molecular weight excluding hydrogens is 286 g/mol. The number of carbonyl (C=O) groups is 2. The number of carboxylic acid groups (broad SMARTS) is 1. The van der Waals surface area contributed by atoms with Gasteiger partial charge in [0.25, 0.3) is 0 Å². The highest BCUT2D eigenvalue weighted by Crippen LogP contribution is 2.34. The molecule has 8 heteroatoms. The Labute approximate surface area is 116 Å². The van der Waals surface area contributed by atoms with E-state index in [2.05, 4.69) is 5.32 Å². The molecule has 1 saturated heterocycles. The van der Waals surface area contributed by atoms with Crippen molar-refractivity contribution in [2.24, 2.45) is 5.41 Å². The summed E-state index contributed by atoms with van der Waals surface area (Å²) in [5.41, 5.74) is -1.52. The molecule has 1 amide bonds. The zero-order chi connectivity index (χ0) is 15.0. The molecule has 1 heterocycles. The molecule has 0 spiro atoms. The van der Waals surface area contributed by atoms with E-state index in [-0.39, 0.29) is 24.3 Å². The van der Waals surface area contributed by atoms with E-state index in [4.69, 9.17) is 4.74 Å². The minimum atomic E-state index is -3.27. The molecule has 2 N–H and O–H groups in total. The molecule has 0 saturated carbocycles. The highest BCUT2D eigenvalue weighted by molar-refractivity contribution is 7.91. The maximum Gasteiger partial charge on any atom is 0.319 e. The van der Waals surface area contributed by atoms with Gasteiger partial charge in [-0.1, -0.05) is 12.2 Å². The summed E-state index contributed by atoms with van der Waals surface area (Å²) in [6.45, 7) is 0. The van der Waals surface area contributed by atoms with Crippen LogP contribution in [0.15, 0.2) is 12.2 Å². The van der Waals surface area contributed by atoms with Crippen molar-refractivity contribution < 1.29 is 27.9 Å². The maximum atomic E-state index is 12.3. The molecule has 0 radical (unpaired) electrons. The molecule has 112 valence electrons. The van der Waals surface area contributed by atoms with Gasteiger partial charge in [0.1, 0.15) is 0 Å². The fourth-order valence-corrected chi connectivity index (χ4v) is 4.45. The van der Waals surface area contributed by atoms with Gasteiger partial charge in [0, 0.05) is 7.11 Å². The SMILES string of the molecule is COC1CS(=O)(=O)CC1NC(=O)C1(C(=O)O)CC=CC1. The number of rotatable bonds is 4. The minimum absolute atomic E-state index is 0.116. The number of methoxy groups -OCH3 is 1. The van der Waals surface area contributed by atoms with Crippen molar-refractivity contribution in [3.63, 3.8) is 0 Å². The summed E-state index contributed by atoms with van der Waals surface area (Å²) >= 11 is 0. The first-order valence-corrected chi connectivity index (χ1v) is 8.05. The molecule has 2 atom stereocenters. The van der Waals surface area contributed by atoms with Gasteiger partial charge in [0.05, 0.1) is 23.7 Å². The summed E-state index contributed by atoms with van der Waals surface area (Å²) in [7, 11) is -1.90. The van der Waals surface area contributed by atoms with Gasteiger partial charge in [0.2, 0.25) is 5.91 Å². The second-order valence-corrected chi connectivity index (χ2v) is 7.35. The Bertz CT molecular complexity index is 544. The van der Waals surface area contributed by atoms with Crippen LogP contribution in [0.5, 0.6) is 0 Å². The average Bonchev–Trinajstić information content (AvgIpc) is 2.94. The number of allylic oxidation sites excluding steroid dienone is 2. The van der Waals surface area contributed by atoms with Gasteiger partial charge < -0.3 is 15.2 Å². The van der Waals surface area contributed by atoms with Crippen LogP contribution in [0.1, 0.15) is 12.8 Å². The van der Waals surface area contributed by atoms with Crippen LogP contribution in [-0.2, 0) is 24.2 Å². The summed E-state index contributed by atoms with van der Waals surface area (Å²) in [5.74, 6) is -2.23. The van der Waals surface area contributed by atoms with E-state index in [0.29, 0.717) is 0 Å². The van der Waals surface area contributed by atoms with E-state index in [0.717, 1.165) is 0 Å². The standard InChI is InChI=1S/C12H17NO6S/c1-19-9-7-20(17,18)6-8(9)13-10(14)12(11(15)16)4-2-3-5-12/h2-3,8-9H,4-7H2,1H3,(H,13,14)(H,15,16). The third-order valence-corrected chi connectivity index (χ3v) is 5.57. The van der Waals surface area contributed by atoms with Crippen molar-refractivity contribution in [1.82, 2.24) is 5.32 Å². The van der Waals surface area contributed by atoms with Gasteiger partial charge >= 0.3 is 5.97 Å². The molecule has 7 nitrogen and oxygen atoms in total. The Kier molecular flexibility index (Phi) is 3.88. The lowest BCUT2D eigenvalue weighted by atomic mass is 9.84. The molecule has 20 heavy (non-hydrogen) atoms. The largest absolute Gasteiger partial charge is 0.480 e. The van der Waals surface area contributed by atoms with Crippen molar-refractivity contribution in [3.8, 4) is 0 Å². The highest BCUT2D eigenvalue weighted by Gasteiger charge is 2.49. The number of hydrogen-bond acceptors (Lipinski definition) is 5. The first-order valence-electron chi connectivity index (χ1n) is 6.23. The number of carboxylic acids is 1. The van der Waals surface area contributed by atoms with Gasteiger partial charge in [-0.15, -0.1) is 0 Å². The average molecular weight is 303 g/mol. The lowest BCUT2D eigenvalue weighted by Crippen LogP contribution is -2.52. The molecule has 1 aliphatic carbocycles. The quantitative estimate of drug-likeness (QED) is 0.527. The van der Waals surface area contributed by atoms with Crippen LogP contribution in [0.2, 0.25) is 0 Å². The molecular formula is C12H17NO6S. The lowest BCUT2D eigenvalue weighted by Gasteiger charge is -2.26. The summed E-state index contributed by atoms with van der Waals surface area (Å²) in [6.07, 6.45) is 2.89. The Hall–Kier alpha value is -1.41. The second kappa shape index (κ2) is 5.17. The Balaban J connectivity index is 2.13. The number of nitrogens with one attached hydrogen (secondary N) is 1. The van der Waals surface area contributed by atoms with Crippen LogP contribution >= 0.6 is 0 Å². The first kappa shape index (κ1) is 15.0. The van der Waals surface area contributed by atoms with E-state index < -0.39 is 39.3 Å². The zero-order valence-corrected chi connectivity index (χ0v) is 11.9. The van der Waals surface area contributed by atoms with Crippen molar-refractivity contribution in [1.29, 1.82) is 0 Å². The van der Waals surface area contributed by atoms with Gasteiger partial charge in [-0.05, 0) is 12.8 Å². The molecule has 2 unspecified atom stereocenters. The van der Waals surface area contributed by atoms with E-state index >= 15 is 0 Å². The Morgan fingerprint density at radius 3 is 2.40 bits per heavy atom. The summed E-state index contributed by atoms with van der Waals surface area (Å²) in [5, 5.41) is 11.8. The number of ether oxygens (including phenoxy) is 1. The van der Waals surface area contributed by atoms with E-state index in [1.54, 1.807) is 12.2 Å². The highest BCUT2D eigenvalue weighted by atomic mass is 32.2. The number of amides is 1. The summed E-state index contributed by atoms with van der Waals surface area (Å²) < 4.78 is 28.2. The van der Waals surface area contributed by atoms with E-state index in [1.165, 1.54) is 7.11 Å². The van der Waals surface area contributed by atoms with E-state index in [9.17, 15) is 23.1 Å². The Morgan fingerprint density at radius 1 is 1.30 bits per heavy atom. The molecule has 0 aromatic carbocycles. The monoisotopic (exact) mass is 303 g/mol.